The Labute approximate surface area is 112 Å². The molecule has 1 aliphatic carbocycles. The largest absolute Gasteiger partial charge is 0.491 e. The fraction of sp³-hybridized carbons (Fsp3) is 0.467. The molecular formula is C15H17NO3. The standard InChI is InChI=1S/C15H17NO3/c1-9(10-2-3-10)14(17)11-4-5-13-12(8-11)15(18)16-6-7-19-13/h4-5,8-10H,2-3,6-7H2,1H3,(H,16,18). The van der Waals surface area contributed by atoms with Gasteiger partial charge in [0.1, 0.15) is 12.4 Å². The van der Waals surface area contributed by atoms with E-state index in [4.69, 9.17) is 4.74 Å². The van der Waals surface area contributed by atoms with Crippen LogP contribution in [-0.4, -0.2) is 24.8 Å². The first-order valence-electron chi connectivity index (χ1n) is 6.76. The maximum atomic E-state index is 12.3. The molecule has 1 heterocycles. The predicted molar refractivity (Wildman–Crippen MR) is 70.5 cm³/mol. The van der Waals surface area contributed by atoms with Crippen LogP contribution in [0, 0.1) is 11.8 Å². The van der Waals surface area contributed by atoms with Crippen LogP contribution in [0.2, 0.25) is 0 Å². The highest BCUT2D eigenvalue weighted by molar-refractivity contribution is 6.03. The summed E-state index contributed by atoms with van der Waals surface area (Å²) < 4.78 is 5.48. The third kappa shape index (κ3) is 2.35. The lowest BCUT2D eigenvalue weighted by Gasteiger charge is -2.11. The van der Waals surface area contributed by atoms with Crippen LogP contribution in [0.25, 0.3) is 0 Å². The molecule has 0 aromatic heterocycles. The summed E-state index contributed by atoms with van der Waals surface area (Å²) >= 11 is 0. The number of hydrogen-bond donors (Lipinski definition) is 1. The van der Waals surface area contributed by atoms with Crippen molar-refractivity contribution in [2.45, 2.75) is 19.8 Å². The first-order chi connectivity index (χ1) is 9.16. The van der Waals surface area contributed by atoms with Gasteiger partial charge in [-0.15, -0.1) is 0 Å². The van der Waals surface area contributed by atoms with E-state index in [0.717, 1.165) is 12.8 Å². The van der Waals surface area contributed by atoms with Gasteiger partial charge in [0.2, 0.25) is 0 Å². The predicted octanol–water partition coefficient (Wildman–Crippen LogP) is 2.04. The highest BCUT2D eigenvalue weighted by atomic mass is 16.5. The third-order valence-corrected chi connectivity index (χ3v) is 3.90. The number of ketones is 1. The molecule has 1 amide bonds. The Hall–Kier alpha value is -1.84. The van der Waals surface area contributed by atoms with E-state index < -0.39 is 0 Å². The highest BCUT2D eigenvalue weighted by Gasteiger charge is 2.33. The van der Waals surface area contributed by atoms with Crippen LogP contribution < -0.4 is 10.1 Å². The van der Waals surface area contributed by atoms with Gasteiger partial charge in [0.15, 0.2) is 5.78 Å². The fourth-order valence-electron chi connectivity index (χ4n) is 2.48. The average molecular weight is 259 g/mol. The Kier molecular flexibility index (Phi) is 3.01. The molecule has 1 unspecified atom stereocenters. The zero-order valence-electron chi connectivity index (χ0n) is 10.9. The van der Waals surface area contributed by atoms with Crippen LogP contribution in [0.5, 0.6) is 5.75 Å². The maximum Gasteiger partial charge on any atom is 0.255 e. The number of benzene rings is 1. The lowest BCUT2D eigenvalue weighted by atomic mass is 9.94. The lowest BCUT2D eigenvalue weighted by molar-refractivity contribution is 0.0916. The third-order valence-electron chi connectivity index (χ3n) is 3.90. The van der Waals surface area contributed by atoms with E-state index in [1.54, 1.807) is 18.2 Å². The normalized spacial score (nSPS) is 19.7. The molecule has 100 valence electrons. The van der Waals surface area contributed by atoms with Crippen molar-refractivity contribution in [2.75, 3.05) is 13.2 Å². The van der Waals surface area contributed by atoms with Gasteiger partial charge in [0, 0.05) is 11.5 Å². The second kappa shape index (κ2) is 4.68. The van der Waals surface area contributed by atoms with Gasteiger partial charge < -0.3 is 10.1 Å². The Bertz CT molecular complexity index is 534. The molecule has 1 N–H and O–H groups in total. The van der Waals surface area contributed by atoms with Gasteiger partial charge in [0.25, 0.3) is 5.91 Å². The van der Waals surface area contributed by atoms with Crippen molar-refractivity contribution in [1.82, 2.24) is 5.32 Å². The lowest BCUT2D eigenvalue weighted by Crippen LogP contribution is -2.24. The Balaban J connectivity index is 1.91. The summed E-state index contributed by atoms with van der Waals surface area (Å²) in [5.41, 5.74) is 1.07. The number of fused-ring (bicyclic) bond motifs is 1. The second-order valence-corrected chi connectivity index (χ2v) is 5.31. The van der Waals surface area contributed by atoms with Crippen LogP contribution in [0.4, 0.5) is 0 Å². The van der Waals surface area contributed by atoms with Gasteiger partial charge in [-0.25, -0.2) is 0 Å². The summed E-state index contributed by atoms with van der Waals surface area (Å²) in [6.07, 6.45) is 2.28. The average Bonchev–Trinajstić information content (AvgIpc) is 3.25. The summed E-state index contributed by atoms with van der Waals surface area (Å²) in [5.74, 6) is 1.10. The van der Waals surface area contributed by atoms with Gasteiger partial charge >= 0.3 is 0 Å². The Morgan fingerprint density at radius 2 is 2.21 bits per heavy atom. The topological polar surface area (TPSA) is 55.4 Å². The van der Waals surface area contributed by atoms with Gasteiger partial charge in [-0.05, 0) is 37.0 Å². The van der Waals surface area contributed by atoms with E-state index in [2.05, 4.69) is 5.32 Å². The highest BCUT2D eigenvalue weighted by Crippen LogP contribution is 2.38. The number of ether oxygens (including phenoxy) is 1. The monoisotopic (exact) mass is 259 g/mol. The number of amides is 1. The molecule has 1 fully saturated rings. The molecule has 2 aliphatic rings. The summed E-state index contributed by atoms with van der Waals surface area (Å²) in [4.78, 5) is 24.2. The van der Waals surface area contributed by atoms with Crippen molar-refractivity contribution in [1.29, 1.82) is 0 Å². The minimum Gasteiger partial charge on any atom is -0.491 e. The first kappa shape index (κ1) is 12.2. The van der Waals surface area contributed by atoms with Gasteiger partial charge in [-0.3, -0.25) is 9.59 Å². The van der Waals surface area contributed by atoms with Crippen molar-refractivity contribution in [3.8, 4) is 5.75 Å². The van der Waals surface area contributed by atoms with Gasteiger partial charge in [-0.1, -0.05) is 6.92 Å². The number of hydrogen-bond acceptors (Lipinski definition) is 3. The van der Waals surface area contributed by atoms with Crippen LogP contribution >= 0.6 is 0 Å². The van der Waals surface area contributed by atoms with Crippen molar-refractivity contribution in [3.05, 3.63) is 29.3 Å². The maximum absolute atomic E-state index is 12.3. The summed E-state index contributed by atoms with van der Waals surface area (Å²) in [6.45, 7) is 2.93. The Morgan fingerprint density at radius 1 is 1.42 bits per heavy atom. The molecule has 1 aromatic carbocycles. The van der Waals surface area contributed by atoms with Gasteiger partial charge in [0.05, 0.1) is 12.1 Å². The molecule has 0 bridgehead atoms. The molecule has 0 saturated heterocycles. The molecule has 19 heavy (non-hydrogen) atoms. The molecule has 1 atom stereocenters. The molecule has 0 radical (unpaired) electrons. The second-order valence-electron chi connectivity index (χ2n) is 5.31. The number of rotatable bonds is 3. The van der Waals surface area contributed by atoms with E-state index in [0.29, 0.717) is 35.9 Å². The van der Waals surface area contributed by atoms with Gasteiger partial charge in [-0.2, -0.15) is 0 Å². The van der Waals surface area contributed by atoms with E-state index >= 15 is 0 Å². The van der Waals surface area contributed by atoms with Crippen molar-refractivity contribution in [3.63, 3.8) is 0 Å². The summed E-state index contributed by atoms with van der Waals surface area (Å²) in [6, 6.07) is 5.16. The smallest absolute Gasteiger partial charge is 0.255 e. The molecule has 4 nitrogen and oxygen atoms in total. The molecule has 1 aliphatic heterocycles. The molecule has 1 saturated carbocycles. The van der Waals surface area contributed by atoms with Crippen LogP contribution in [0.1, 0.15) is 40.5 Å². The SMILES string of the molecule is CC(C(=O)c1ccc2c(c1)C(=O)NCCO2)C1CC1. The van der Waals surface area contributed by atoms with Crippen LogP contribution in [0.15, 0.2) is 18.2 Å². The van der Waals surface area contributed by atoms with Crippen molar-refractivity contribution in [2.24, 2.45) is 11.8 Å². The molecule has 4 heteroatoms. The number of carbonyl (C=O) groups is 2. The summed E-state index contributed by atoms with van der Waals surface area (Å²) in [7, 11) is 0. The van der Waals surface area contributed by atoms with Crippen LogP contribution in [-0.2, 0) is 0 Å². The minimum atomic E-state index is -0.166. The summed E-state index contributed by atoms with van der Waals surface area (Å²) in [5, 5.41) is 2.76. The minimum absolute atomic E-state index is 0.0489. The number of Topliss-reactive ketones (excluding diaryl/α,β-unsaturated/α-hetero) is 1. The van der Waals surface area contributed by atoms with E-state index in [9.17, 15) is 9.59 Å². The van der Waals surface area contributed by atoms with Crippen molar-refractivity contribution >= 4 is 11.7 Å². The quantitative estimate of drug-likeness (QED) is 0.845. The zero-order valence-corrected chi connectivity index (χ0v) is 10.9. The first-order valence-corrected chi connectivity index (χ1v) is 6.76. The molecular weight excluding hydrogens is 242 g/mol. The zero-order chi connectivity index (χ0) is 13.4. The van der Waals surface area contributed by atoms with E-state index in [1.807, 2.05) is 6.92 Å². The van der Waals surface area contributed by atoms with Crippen molar-refractivity contribution < 1.29 is 14.3 Å². The van der Waals surface area contributed by atoms with E-state index in [-0.39, 0.29) is 17.6 Å². The molecule has 1 aromatic rings. The molecule has 3 rings (SSSR count). The van der Waals surface area contributed by atoms with Crippen LogP contribution in [0.3, 0.4) is 0 Å². The Morgan fingerprint density at radius 3 is 2.95 bits per heavy atom. The number of nitrogens with one attached hydrogen (secondary N) is 1. The fourth-order valence-corrected chi connectivity index (χ4v) is 2.48. The number of carbonyl (C=O) groups excluding carboxylic acids is 2. The molecule has 0 spiro atoms. The van der Waals surface area contributed by atoms with E-state index in [1.165, 1.54) is 0 Å².